The number of nitrogen functional groups attached to an aromatic ring is 1. The van der Waals surface area contributed by atoms with Crippen LogP contribution in [-0.4, -0.2) is 76.2 Å². The molecule has 1 aromatic carbocycles. The molecule has 0 bridgehead atoms. The van der Waals surface area contributed by atoms with Crippen molar-refractivity contribution < 1.29 is 18.3 Å². The van der Waals surface area contributed by atoms with E-state index in [4.69, 9.17) is 27.1 Å². The quantitative estimate of drug-likeness (QED) is 0.423. The first-order valence-electron chi connectivity index (χ1n) is 13.3. The van der Waals surface area contributed by atoms with Gasteiger partial charge in [0, 0.05) is 37.0 Å². The average Bonchev–Trinajstić information content (AvgIpc) is 3.45. The van der Waals surface area contributed by atoms with Crippen LogP contribution in [0.3, 0.4) is 0 Å². The molecule has 0 spiro atoms. The summed E-state index contributed by atoms with van der Waals surface area (Å²) < 4.78 is 36.4. The van der Waals surface area contributed by atoms with Gasteiger partial charge in [-0.3, -0.25) is 9.69 Å². The van der Waals surface area contributed by atoms with E-state index in [1.807, 2.05) is 32.7 Å². The minimum Gasteiger partial charge on any atom is -0.462 e. The van der Waals surface area contributed by atoms with Gasteiger partial charge in [-0.1, -0.05) is 25.1 Å². The Bertz CT molecular complexity index is 1500. The molecule has 8 nitrogen and oxygen atoms in total. The van der Waals surface area contributed by atoms with Gasteiger partial charge in [0.25, 0.3) is 0 Å². The third-order valence-corrected chi connectivity index (χ3v) is 8.47. The molecule has 40 heavy (non-hydrogen) atoms. The molecule has 212 valence electrons. The van der Waals surface area contributed by atoms with Gasteiger partial charge in [0.1, 0.15) is 24.1 Å². The highest BCUT2D eigenvalue weighted by atomic mass is 35.5. The number of nitrogens with two attached hydrogens (primary N) is 1. The fourth-order valence-electron chi connectivity index (χ4n) is 5.78. The van der Waals surface area contributed by atoms with Crippen LogP contribution in [0.25, 0.3) is 22.2 Å². The van der Waals surface area contributed by atoms with E-state index in [1.165, 1.54) is 6.08 Å². The maximum atomic E-state index is 16.5. The summed E-state index contributed by atoms with van der Waals surface area (Å²) in [6.07, 6.45) is 0.686. The number of likely N-dealkylation sites (tertiary alicyclic amines) is 2. The number of ether oxygens (including phenoxy) is 1. The van der Waals surface area contributed by atoms with Gasteiger partial charge < -0.3 is 15.4 Å². The van der Waals surface area contributed by atoms with Gasteiger partial charge in [-0.2, -0.15) is 9.97 Å². The van der Waals surface area contributed by atoms with Crippen molar-refractivity contribution in [3.05, 3.63) is 52.4 Å². The minimum atomic E-state index is -0.931. The number of likely N-dealkylation sites (N-methyl/N-ethyl adjacent to an activating group) is 1. The third-order valence-electron chi connectivity index (χ3n) is 8.17. The first-order valence-corrected chi connectivity index (χ1v) is 13.7. The van der Waals surface area contributed by atoms with E-state index >= 15 is 4.39 Å². The Balaban J connectivity index is 1.65. The van der Waals surface area contributed by atoms with Gasteiger partial charge in [-0.25, -0.2) is 13.8 Å². The van der Waals surface area contributed by atoms with Crippen molar-refractivity contribution in [1.82, 2.24) is 24.8 Å². The van der Waals surface area contributed by atoms with Crippen molar-refractivity contribution in [3.63, 3.8) is 0 Å². The molecule has 5 rings (SSSR count). The molecule has 4 atom stereocenters. The average molecular weight is 571 g/mol. The van der Waals surface area contributed by atoms with Crippen molar-refractivity contribution in [3.8, 4) is 17.3 Å². The number of carbonyl (C=O) groups excluding carboxylic acids is 1. The zero-order valence-electron chi connectivity index (χ0n) is 23.0. The second-order valence-electron chi connectivity index (χ2n) is 10.9. The maximum Gasteiger partial charge on any atom is 0.317 e. The van der Waals surface area contributed by atoms with Gasteiger partial charge in [-0.05, 0) is 62.6 Å². The minimum absolute atomic E-state index is 0.0143. The van der Waals surface area contributed by atoms with E-state index in [0.717, 1.165) is 11.1 Å². The molecule has 0 saturated carbocycles. The standard InChI is InChI=1S/C29H33ClF2N6O2/c1-6-23(39)38-10-15(3)20(12-38)27-19-9-21(30)24(26-16(4)14(2)7-22(33)34-26)25(32)28(19)36-29(35-27)40-13-18-8-17(31)11-37(18)5/h6-7,9,15,17-18,20H,1,8,10-13H2,2-5H3,(H2,33,34)/t15-,17-,18+,20-/m1/s1. The van der Waals surface area contributed by atoms with Crippen LogP contribution in [0, 0.1) is 25.6 Å². The van der Waals surface area contributed by atoms with Crippen LogP contribution in [0.1, 0.15) is 36.1 Å². The van der Waals surface area contributed by atoms with Crippen molar-refractivity contribution in [2.75, 3.05) is 39.0 Å². The van der Waals surface area contributed by atoms with Crippen LogP contribution in [0.2, 0.25) is 5.02 Å². The second-order valence-corrected chi connectivity index (χ2v) is 11.3. The number of nitrogens with zero attached hydrogens (tertiary/aromatic N) is 5. The summed E-state index contributed by atoms with van der Waals surface area (Å²) in [6, 6.07) is 3.20. The highest BCUT2D eigenvalue weighted by molar-refractivity contribution is 6.34. The van der Waals surface area contributed by atoms with Crippen LogP contribution in [0.5, 0.6) is 6.01 Å². The smallest absolute Gasteiger partial charge is 0.317 e. The van der Waals surface area contributed by atoms with Gasteiger partial charge in [0.2, 0.25) is 5.91 Å². The SMILES string of the molecule is C=CC(=O)N1C[C@@H](C)[C@H](c2nc(OC[C@@H]3C[C@@H](F)CN3C)nc3c(F)c(-c4nc(N)cc(C)c4C)c(Cl)cc23)C1. The van der Waals surface area contributed by atoms with Gasteiger partial charge in [0.05, 0.1) is 22.0 Å². The molecule has 1 amide bonds. The number of hydrogen-bond acceptors (Lipinski definition) is 7. The number of rotatable bonds is 6. The molecule has 2 fully saturated rings. The molecule has 11 heteroatoms. The zero-order chi connectivity index (χ0) is 28.9. The summed E-state index contributed by atoms with van der Waals surface area (Å²) in [5, 5.41) is 0.582. The number of carbonyl (C=O) groups is 1. The Morgan fingerprint density at radius 3 is 2.67 bits per heavy atom. The Hall–Kier alpha value is -3.37. The fraction of sp³-hybridized carbons (Fsp3) is 0.448. The van der Waals surface area contributed by atoms with E-state index in [-0.39, 0.29) is 58.3 Å². The normalized spacial score (nSPS) is 23.2. The lowest BCUT2D eigenvalue weighted by molar-refractivity contribution is -0.125. The number of benzene rings is 1. The van der Waals surface area contributed by atoms with Crippen molar-refractivity contribution >= 4 is 34.2 Å². The van der Waals surface area contributed by atoms with Gasteiger partial charge in [-0.15, -0.1) is 0 Å². The molecular weight excluding hydrogens is 538 g/mol. The largest absolute Gasteiger partial charge is 0.462 e. The zero-order valence-corrected chi connectivity index (χ0v) is 23.8. The summed E-state index contributed by atoms with van der Waals surface area (Å²) in [4.78, 5) is 29.6. The van der Waals surface area contributed by atoms with E-state index in [2.05, 4.69) is 16.5 Å². The van der Waals surface area contributed by atoms with Gasteiger partial charge >= 0.3 is 6.01 Å². The molecule has 0 unspecified atom stereocenters. The van der Waals surface area contributed by atoms with E-state index in [1.54, 1.807) is 17.0 Å². The van der Waals surface area contributed by atoms with E-state index in [9.17, 15) is 9.18 Å². The lowest BCUT2D eigenvalue weighted by Crippen LogP contribution is -2.31. The summed E-state index contributed by atoms with van der Waals surface area (Å²) in [6.45, 7) is 10.7. The number of amides is 1. The monoisotopic (exact) mass is 570 g/mol. The Morgan fingerprint density at radius 2 is 2.00 bits per heavy atom. The summed E-state index contributed by atoms with van der Waals surface area (Å²) in [5.41, 5.74) is 8.60. The number of hydrogen-bond donors (Lipinski definition) is 1. The number of aryl methyl sites for hydroxylation is 1. The number of anilines is 1. The van der Waals surface area contributed by atoms with Crippen LogP contribution in [0.4, 0.5) is 14.6 Å². The molecule has 2 N–H and O–H groups in total. The number of halogens is 3. The molecule has 2 aliphatic heterocycles. The van der Waals surface area contributed by atoms with Crippen LogP contribution >= 0.6 is 11.6 Å². The first kappa shape index (κ1) is 28.2. The van der Waals surface area contributed by atoms with Crippen molar-refractivity contribution in [2.45, 2.75) is 45.3 Å². The lowest BCUT2D eigenvalue weighted by atomic mass is 9.91. The molecule has 0 aliphatic carbocycles. The fourth-order valence-corrected chi connectivity index (χ4v) is 6.06. The first-order chi connectivity index (χ1) is 19.0. The third kappa shape index (κ3) is 5.10. The van der Waals surface area contributed by atoms with E-state index in [0.29, 0.717) is 42.8 Å². The Labute approximate surface area is 237 Å². The molecular formula is C29H33ClF2N6O2. The maximum absolute atomic E-state index is 16.5. The predicted octanol–water partition coefficient (Wildman–Crippen LogP) is 4.85. The number of alkyl halides is 1. The topological polar surface area (TPSA) is 97.5 Å². The Kier molecular flexibility index (Phi) is 7.67. The highest BCUT2D eigenvalue weighted by Gasteiger charge is 2.36. The second kappa shape index (κ2) is 10.9. The molecule has 2 aromatic heterocycles. The molecule has 0 radical (unpaired) electrons. The molecule has 2 aliphatic rings. The van der Waals surface area contributed by atoms with Gasteiger partial charge in [0.15, 0.2) is 5.82 Å². The summed E-state index contributed by atoms with van der Waals surface area (Å²) in [5.74, 6) is -0.802. The molecule has 4 heterocycles. The van der Waals surface area contributed by atoms with Crippen molar-refractivity contribution in [1.29, 1.82) is 0 Å². The molecule has 3 aromatic rings. The van der Waals surface area contributed by atoms with Crippen LogP contribution < -0.4 is 10.5 Å². The lowest BCUT2D eigenvalue weighted by Gasteiger charge is -2.21. The van der Waals surface area contributed by atoms with Crippen molar-refractivity contribution in [2.24, 2.45) is 5.92 Å². The number of pyridine rings is 1. The van der Waals surface area contributed by atoms with E-state index < -0.39 is 12.0 Å². The highest BCUT2D eigenvalue weighted by Crippen LogP contribution is 2.42. The number of aromatic nitrogens is 3. The molecule has 2 saturated heterocycles. The van der Waals surface area contributed by atoms with Crippen LogP contribution in [-0.2, 0) is 4.79 Å². The number of fused-ring (bicyclic) bond motifs is 1. The summed E-state index contributed by atoms with van der Waals surface area (Å²) in [7, 11) is 1.84. The predicted molar refractivity (Wildman–Crippen MR) is 152 cm³/mol. The Morgan fingerprint density at radius 1 is 1.25 bits per heavy atom. The van der Waals surface area contributed by atoms with Crippen LogP contribution in [0.15, 0.2) is 24.8 Å². The summed E-state index contributed by atoms with van der Waals surface area (Å²) >= 11 is 6.73.